The molecule has 134 valence electrons. The summed E-state index contributed by atoms with van der Waals surface area (Å²) in [5.74, 6) is 0.514. The number of anilines is 2. The predicted octanol–water partition coefficient (Wildman–Crippen LogP) is 2.28. The Bertz CT molecular complexity index is 572. The molecule has 2 aliphatic rings. The first-order chi connectivity index (χ1) is 11.6. The number of primary amides is 1. The van der Waals surface area contributed by atoms with E-state index in [1.54, 1.807) is 0 Å². The highest BCUT2D eigenvalue weighted by molar-refractivity contribution is 5.97. The summed E-state index contributed by atoms with van der Waals surface area (Å²) in [7, 11) is 0. The first-order valence-corrected chi connectivity index (χ1v) is 9.00. The molecule has 2 fully saturated rings. The van der Waals surface area contributed by atoms with Gasteiger partial charge in [0.1, 0.15) is 5.82 Å². The summed E-state index contributed by atoms with van der Waals surface area (Å²) in [5, 5.41) is 16.3. The lowest BCUT2D eigenvalue weighted by atomic mass is 9.93. The highest BCUT2D eigenvalue weighted by Crippen LogP contribution is 2.25. The van der Waals surface area contributed by atoms with Crippen molar-refractivity contribution in [2.45, 2.75) is 76.0 Å². The van der Waals surface area contributed by atoms with Crippen LogP contribution in [0, 0.1) is 0 Å². The van der Waals surface area contributed by atoms with Crippen LogP contribution in [-0.4, -0.2) is 39.2 Å². The lowest BCUT2D eigenvalue weighted by molar-refractivity contribution is 0.1000. The maximum Gasteiger partial charge on any atom is 0.254 e. The molecule has 0 unspecified atom stereocenters. The van der Waals surface area contributed by atoms with Gasteiger partial charge in [0.2, 0.25) is 5.95 Å². The molecule has 24 heavy (non-hydrogen) atoms. The molecular weight excluding hydrogens is 306 g/mol. The van der Waals surface area contributed by atoms with E-state index < -0.39 is 5.91 Å². The van der Waals surface area contributed by atoms with Crippen molar-refractivity contribution >= 4 is 17.7 Å². The van der Waals surface area contributed by atoms with E-state index in [0.717, 1.165) is 38.5 Å². The topological polar surface area (TPSA) is 113 Å². The molecule has 0 atom stereocenters. The summed E-state index contributed by atoms with van der Waals surface area (Å²) in [4.78, 5) is 20.4. The largest absolute Gasteiger partial charge is 0.393 e. The van der Waals surface area contributed by atoms with Crippen molar-refractivity contribution in [1.29, 1.82) is 0 Å². The number of aliphatic hydroxyl groups is 1. The molecule has 0 spiro atoms. The Morgan fingerprint density at radius 2 is 1.75 bits per heavy atom. The Balaban J connectivity index is 0.00000225. The quantitative estimate of drug-likeness (QED) is 0.656. The number of nitrogens with two attached hydrogens (primary N) is 1. The van der Waals surface area contributed by atoms with Gasteiger partial charge in [-0.25, -0.2) is 4.98 Å². The number of rotatable bonds is 5. The van der Waals surface area contributed by atoms with Crippen LogP contribution >= 0.6 is 0 Å². The summed E-state index contributed by atoms with van der Waals surface area (Å²) in [6, 6.07) is 0.597. The average Bonchev–Trinajstić information content (AvgIpc) is 2.58. The molecule has 0 radical (unpaired) electrons. The van der Waals surface area contributed by atoms with E-state index in [-0.39, 0.29) is 13.6 Å². The number of hydrogen-bond donors (Lipinski definition) is 4. The summed E-state index contributed by atoms with van der Waals surface area (Å²) in [6.45, 7) is 0. The fourth-order valence-corrected chi connectivity index (χ4v) is 3.58. The highest BCUT2D eigenvalue weighted by atomic mass is 16.3. The van der Waals surface area contributed by atoms with Crippen LogP contribution in [0.2, 0.25) is 0 Å². The smallest absolute Gasteiger partial charge is 0.254 e. The molecule has 1 aromatic rings. The molecule has 5 N–H and O–H groups in total. The lowest BCUT2D eigenvalue weighted by Crippen LogP contribution is -2.30. The Hall–Kier alpha value is -1.89. The van der Waals surface area contributed by atoms with Crippen LogP contribution in [0.5, 0.6) is 0 Å². The van der Waals surface area contributed by atoms with Gasteiger partial charge >= 0.3 is 0 Å². The van der Waals surface area contributed by atoms with E-state index in [9.17, 15) is 9.90 Å². The number of hydrogen-bond acceptors (Lipinski definition) is 6. The number of aliphatic hydroxyl groups excluding tert-OH is 1. The molecule has 7 heteroatoms. The van der Waals surface area contributed by atoms with Crippen molar-refractivity contribution in [3.8, 4) is 0 Å². The number of amides is 1. The first-order valence-electron chi connectivity index (χ1n) is 9.00. The van der Waals surface area contributed by atoms with Crippen LogP contribution < -0.4 is 16.4 Å². The predicted molar refractivity (Wildman–Crippen MR) is 95.0 cm³/mol. The summed E-state index contributed by atoms with van der Waals surface area (Å²) in [6.07, 6.45) is 10.5. The van der Waals surface area contributed by atoms with E-state index in [4.69, 9.17) is 5.73 Å². The van der Waals surface area contributed by atoms with Crippen molar-refractivity contribution in [3.05, 3.63) is 11.8 Å². The van der Waals surface area contributed by atoms with Gasteiger partial charge in [-0.3, -0.25) is 4.79 Å². The van der Waals surface area contributed by atoms with E-state index in [2.05, 4.69) is 20.6 Å². The second-order valence-electron chi connectivity index (χ2n) is 6.95. The highest BCUT2D eigenvalue weighted by Gasteiger charge is 2.22. The molecule has 0 aliphatic heterocycles. The number of carbonyl (C=O) groups is 1. The Morgan fingerprint density at radius 3 is 2.42 bits per heavy atom. The van der Waals surface area contributed by atoms with Crippen molar-refractivity contribution in [3.63, 3.8) is 0 Å². The van der Waals surface area contributed by atoms with Gasteiger partial charge in [-0.15, -0.1) is 0 Å². The van der Waals surface area contributed by atoms with Crippen LogP contribution in [-0.2, 0) is 0 Å². The number of carbonyl (C=O) groups excluding carboxylic acids is 1. The van der Waals surface area contributed by atoms with Crippen LogP contribution in [0.25, 0.3) is 0 Å². The van der Waals surface area contributed by atoms with Crippen LogP contribution in [0.3, 0.4) is 0 Å². The van der Waals surface area contributed by atoms with Gasteiger partial charge in [-0.05, 0) is 38.5 Å². The van der Waals surface area contributed by atoms with Gasteiger partial charge in [0.15, 0.2) is 0 Å². The van der Waals surface area contributed by atoms with E-state index in [1.807, 2.05) is 0 Å². The number of aromatic nitrogens is 2. The van der Waals surface area contributed by atoms with E-state index in [1.165, 1.54) is 25.5 Å². The Labute approximate surface area is 143 Å². The lowest BCUT2D eigenvalue weighted by Gasteiger charge is -2.27. The third kappa shape index (κ3) is 4.35. The van der Waals surface area contributed by atoms with Gasteiger partial charge in [0.25, 0.3) is 5.91 Å². The maximum atomic E-state index is 11.7. The number of nitrogens with one attached hydrogen (secondary N) is 2. The average molecular weight is 335 g/mol. The van der Waals surface area contributed by atoms with Crippen LogP contribution in [0.4, 0.5) is 11.8 Å². The van der Waals surface area contributed by atoms with Gasteiger partial charge in [0.05, 0.1) is 11.7 Å². The molecule has 0 aromatic carbocycles. The SMILES string of the molecule is NC(=O)c1cnc(NC2CCCCC2)nc1NC1CCC(O)CC1.[HH]. The fourth-order valence-electron chi connectivity index (χ4n) is 3.58. The second kappa shape index (κ2) is 7.79. The zero-order chi connectivity index (χ0) is 16.9. The normalized spacial score (nSPS) is 25.2. The standard InChI is InChI=1S/C17H27N5O2.H2/c18-15(24)14-10-19-17(21-11-4-2-1-3-5-11)22-16(14)20-12-6-8-13(23)9-7-12;/h10-13,23H,1-9H2,(H2,18,24)(H2,19,20,21,22);1H. The van der Waals surface area contributed by atoms with E-state index >= 15 is 0 Å². The van der Waals surface area contributed by atoms with Gasteiger partial charge < -0.3 is 21.5 Å². The van der Waals surface area contributed by atoms with Crippen molar-refractivity contribution < 1.29 is 11.3 Å². The third-order valence-electron chi connectivity index (χ3n) is 5.03. The van der Waals surface area contributed by atoms with Crippen LogP contribution in [0.1, 0.15) is 69.6 Å². The minimum Gasteiger partial charge on any atom is -0.393 e. The molecule has 1 amide bonds. The summed E-state index contributed by atoms with van der Waals surface area (Å²) < 4.78 is 0. The summed E-state index contributed by atoms with van der Waals surface area (Å²) in [5.41, 5.74) is 5.77. The fraction of sp³-hybridized carbons (Fsp3) is 0.706. The van der Waals surface area contributed by atoms with Gasteiger partial charge in [-0.2, -0.15) is 4.98 Å². The number of nitrogens with zero attached hydrogens (tertiary/aromatic N) is 2. The Kier molecular flexibility index (Phi) is 5.50. The van der Waals surface area contributed by atoms with E-state index in [0.29, 0.717) is 23.4 Å². The zero-order valence-corrected chi connectivity index (χ0v) is 14.0. The molecule has 3 rings (SSSR count). The molecule has 1 aromatic heterocycles. The molecule has 1 heterocycles. The van der Waals surface area contributed by atoms with Crippen molar-refractivity contribution in [1.82, 2.24) is 9.97 Å². The molecule has 2 aliphatic carbocycles. The van der Waals surface area contributed by atoms with Gasteiger partial charge in [0, 0.05) is 19.7 Å². The Morgan fingerprint density at radius 1 is 1.08 bits per heavy atom. The molecular formula is C17H29N5O2. The van der Waals surface area contributed by atoms with Crippen molar-refractivity contribution in [2.24, 2.45) is 5.73 Å². The molecule has 2 saturated carbocycles. The second-order valence-corrected chi connectivity index (χ2v) is 6.95. The third-order valence-corrected chi connectivity index (χ3v) is 5.03. The first kappa shape index (κ1) is 17.0. The molecule has 0 saturated heterocycles. The minimum atomic E-state index is -0.530. The minimum absolute atomic E-state index is 0. The van der Waals surface area contributed by atoms with Gasteiger partial charge in [-0.1, -0.05) is 19.3 Å². The maximum absolute atomic E-state index is 11.7. The van der Waals surface area contributed by atoms with Crippen molar-refractivity contribution in [2.75, 3.05) is 10.6 Å². The summed E-state index contributed by atoms with van der Waals surface area (Å²) >= 11 is 0. The molecule has 0 bridgehead atoms. The molecule has 7 nitrogen and oxygen atoms in total. The monoisotopic (exact) mass is 335 g/mol. The van der Waals surface area contributed by atoms with Crippen LogP contribution in [0.15, 0.2) is 6.20 Å². The zero-order valence-electron chi connectivity index (χ0n) is 14.0.